The Kier molecular flexibility index (Phi) is 3.06. The van der Waals surface area contributed by atoms with Crippen LogP contribution < -0.4 is 5.73 Å². The monoisotopic (exact) mass is 209 g/mol. The van der Waals surface area contributed by atoms with Gasteiger partial charge in [-0.2, -0.15) is 0 Å². The van der Waals surface area contributed by atoms with E-state index in [1.54, 1.807) is 0 Å². The number of hydrogen-bond donors (Lipinski definition) is 1. The van der Waals surface area contributed by atoms with Gasteiger partial charge < -0.3 is 5.73 Å². The molecule has 0 saturated heterocycles. The Hall–Kier alpha value is -2.02. The smallest absolute Gasteiger partial charge is 0.0121 e. The molecule has 0 aromatic heterocycles. The van der Waals surface area contributed by atoms with Gasteiger partial charge in [0, 0.05) is 12.1 Å². The predicted octanol–water partition coefficient (Wildman–Crippen LogP) is 3.37. The molecule has 0 atom stereocenters. The van der Waals surface area contributed by atoms with E-state index in [-0.39, 0.29) is 0 Å². The lowest BCUT2D eigenvalue weighted by Gasteiger charge is -2.09. The lowest BCUT2D eigenvalue weighted by atomic mass is 9.97. The van der Waals surface area contributed by atoms with E-state index >= 15 is 0 Å². The molecule has 0 amide bonds. The van der Waals surface area contributed by atoms with E-state index in [2.05, 4.69) is 30.8 Å². The van der Waals surface area contributed by atoms with Gasteiger partial charge >= 0.3 is 0 Å². The molecule has 2 rings (SSSR count). The highest BCUT2D eigenvalue weighted by molar-refractivity contribution is 5.67. The van der Waals surface area contributed by atoms with E-state index in [0.29, 0.717) is 5.70 Å². The quantitative estimate of drug-likeness (QED) is 0.824. The largest absolute Gasteiger partial charge is 0.402 e. The van der Waals surface area contributed by atoms with Crippen LogP contribution in [0.25, 0.3) is 11.1 Å². The van der Waals surface area contributed by atoms with Gasteiger partial charge in [0.05, 0.1) is 0 Å². The van der Waals surface area contributed by atoms with Crippen molar-refractivity contribution in [3.8, 4) is 11.1 Å². The van der Waals surface area contributed by atoms with Crippen molar-refractivity contribution < 1.29 is 0 Å². The van der Waals surface area contributed by atoms with Gasteiger partial charge in [0.2, 0.25) is 0 Å². The van der Waals surface area contributed by atoms with Gasteiger partial charge in [0.15, 0.2) is 0 Å². The zero-order valence-corrected chi connectivity index (χ0v) is 9.19. The van der Waals surface area contributed by atoms with Crippen molar-refractivity contribution >= 4 is 0 Å². The number of rotatable bonds is 3. The molecule has 0 aliphatic heterocycles. The first kappa shape index (κ1) is 10.5. The van der Waals surface area contributed by atoms with Crippen molar-refractivity contribution in [2.45, 2.75) is 6.42 Å². The summed E-state index contributed by atoms with van der Waals surface area (Å²) in [6.45, 7) is 3.76. The summed E-state index contributed by atoms with van der Waals surface area (Å²) in [5.41, 5.74) is 10.1. The summed E-state index contributed by atoms with van der Waals surface area (Å²) in [5.74, 6) is 0. The maximum Gasteiger partial charge on any atom is 0.0121 e. The minimum Gasteiger partial charge on any atom is -0.402 e. The van der Waals surface area contributed by atoms with E-state index in [9.17, 15) is 0 Å². The Labute approximate surface area is 96.2 Å². The molecule has 1 nitrogen and oxygen atoms in total. The van der Waals surface area contributed by atoms with Crippen LogP contribution in [0.15, 0.2) is 66.9 Å². The molecule has 0 aliphatic rings. The van der Waals surface area contributed by atoms with E-state index in [1.807, 2.05) is 30.3 Å². The highest BCUT2D eigenvalue weighted by atomic mass is 14.6. The molecule has 0 aliphatic carbocycles. The van der Waals surface area contributed by atoms with E-state index in [4.69, 9.17) is 5.73 Å². The molecule has 16 heavy (non-hydrogen) atoms. The minimum atomic E-state index is 0.698. The molecular formula is C15H15N. The zero-order chi connectivity index (χ0) is 11.4. The standard InChI is InChI=1S/C15H15N/c1-12(16)11-14-9-5-6-10-15(14)13-7-3-2-4-8-13/h2-10H,1,11,16H2. The van der Waals surface area contributed by atoms with Crippen LogP contribution in [0.1, 0.15) is 5.56 Å². The molecule has 2 N–H and O–H groups in total. The Morgan fingerprint density at radius 3 is 2.25 bits per heavy atom. The molecule has 0 bridgehead atoms. The van der Waals surface area contributed by atoms with Crippen molar-refractivity contribution in [3.05, 3.63) is 72.4 Å². The van der Waals surface area contributed by atoms with Gasteiger partial charge in [-0.15, -0.1) is 0 Å². The van der Waals surface area contributed by atoms with Crippen molar-refractivity contribution in [1.29, 1.82) is 0 Å². The molecule has 0 spiro atoms. The van der Waals surface area contributed by atoms with Crippen LogP contribution in [0.3, 0.4) is 0 Å². The second-order valence-corrected chi connectivity index (χ2v) is 3.86. The fourth-order valence-electron chi connectivity index (χ4n) is 1.82. The summed E-state index contributed by atoms with van der Waals surface area (Å²) in [4.78, 5) is 0. The molecule has 0 saturated carbocycles. The van der Waals surface area contributed by atoms with Crippen LogP contribution in [0.4, 0.5) is 0 Å². The third-order valence-corrected chi connectivity index (χ3v) is 2.52. The van der Waals surface area contributed by atoms with Crippen LogP contribution in [-0.4, -0.2) is 0 Å². The Morgan fingerprint density at radius 1 is 0.938 bits per heavy atom. The molecule has 0 heterocycles. The summed E-state index contributed by atoms with van der Waals surface area (Å²) in [6, 6.07) is 18.6. The first-order chi connectivity index (χ1) is 7.77. The SMILES string of the molecule is C=C(N)Cc1ccccc1-c1ccccc1. The number of hydrogen-bond acceptors (Lipinski definition) is 1. The Balaban J connectivity index is 2.44. The van der Waals surface area contributed by atoms with E-state index in [0.717, 1.165) is 6.42 Å². The average molecular weight is 209 g/mol. The highest BCUT2D eigenvalue weighted by Crippen LogP contribution is 2.24. The first-order valence-corrected chi connectivity index (χ1v) is 5.34. The molecule has 0 radical (unpaired) electrons. The topological polar surface area (TPSA) is 26.0 Å². The summed E-state index contributed by atoms with van der Waals surface area (Å²) < 4.78 is 0. The maximum atomic E-state index is 5.68. The third-order valence-electron chi connectivity index (χ3n) is 2.52. The molecule has 2 aromatic rings. The molecule has 1 heteroatoms. The lowest BCUT2D eigenvalue weighted by molar-refractivity contribution is 1.12. The fourth-order valence-corrected chi connectivity index (χ4v) is 1.82. The average Bonchev–Trinajstić information content (AvgIpc) is 2.30. The summed E-state index contributed by atoms with van der Waals surface area (Å²) >= 11 is 0. The minimum absolute atomic E-state index is 0.698. The van der Waals surface area contributed by atoms with Crippen molar-refractivity contribution in [2.75, 3.05) is 0 Å². The van der Waals surface area contributed by atoms with Crippen LogP contribution >= 0.6 is 0 Å². The lowest BCUT2D eigenvalue weighted by Crippen LogP contribution is -2.00. The third kappa shape index (κ3) is 2.31. The number of benzene rings is 2. The summed E-state index contributed by atoms with van der Waals surface area (Å²) in [7, 11) is 0. The Bertz CT molecular complexity index is 486. The zero-order valence-electron chi connectivity index (χ0n) is 9.19. The second-order valence-electron chi connectivity index (χ2n) is 3.86. The van der Waals surface area contributed by atoms with Crippen LogP contribution in [-0.2, 0) is 6.42 Å². The molecular weight excluding hydrogens is 194 g/mol. The summed E-state index contributed by atoms with van der Waals surface area (Å²) in [6.07, 6.45) is 0.727. The summed E-state index contributed by atoms with van der Waals surface area (Å²) in [5, 5.41) is 0. The van der Waals surface area contributed by atoms with Gasteiger partial charge in [0.1, 0.15) is 0 Å². The Morgan fingerprint density at radius 2 is 1.56 bits per heavy atom. The number of allylic oxidation sites excluding steroid dienone is 1. The van der Waals surface area contributed by atoms with Gasteiger partial charge in [-0.3, -0.25) is 0 Å². The van der Waals surface area contributed by atoms with Gasteiger partial charge in [-0.25, -0.2) is 0 Å². The van der Waals surface area contributed by atoms with Crippen LogP contribution in [0.2, 0.25) is 0 Å². The van der Waals surface area contributed by atoms with Crippen LogP contribution in [0.5, 0.6) is 0 Å². The van der Waals surface area contributed by atoms with E-state index in [1.165, 1.54) is 16.7 Å². The molecule has 0 fully saturated rings. The number of nitrogens with two attached hydrogens (primary N) is 1. The molecule has 80 valence electrons. The maximum absolute atomic E-state index is 5.68. The van der Waals surface area contributed by atoms with Crippen LogP contribution in [0, 0.1) is 0 Å². The second kappa shape index (κ2) is 4.67. The first-order valence-electron chi connectivity index (χ1n) is 5.34. The van der Waals surface area contributed by atoms with Crippen molar-refractivity contribution in [2.24, 2.45) is 5.73 Å². The van der Waals surface area contributed by atoms with Gasteiger partial charge in [-0.05, 0) is 16.7 Å². The van der Waals surface area contributed by atoms with Gasteiger partial charge in [0.25, 0.3) is 0 Å². The van der Waals surface area contributed by atoms with E-state index < -0.39 is 0 Å². The predicted molar refractivity (Wildman–Crippen MR) is 68.9 cm³/mol. The fraction of sp³-hybridized carbons (Fsp3) is 0.0667. The van der Waals surface area contributed by atoms with Crippen molar-refractivity contribution in [1.82, 2.24) is 0 Å². The van der Waals surface area contributed by atoms with Crippen molar-refractivity contribution in [3.63, 3.8) is 0 Å². The van der Waals surface area contributed by atoms with Gasteiger partial charge in [-0.1, -0.05) is 61.2 Å². The molecule has 0 unspecified atom stereocenters. The normalized spacial score (nSPS) is 10.0. The highest BCUT2D eigenvalue weighted by Gasteiger charge is 2.03. The molecule has 2 aromatic carbocycles.